The van der Waals surface area contributed by atoms with E-state index >= 15 is 0 Å². The van der Waals surface area contributed by atoms with Crippen LogP contribution in [0.4, 0.5) is 11.6 Å². The molecule has 3 aromatic heterocycles. The van der Waals surface area contributed by atoms with Gasteiger partial charge in [0.1, 0.15) is 16.8 Å². The molecule has 3 amide bonds. The van der Waals surface area contributed by atoms with Crippen molar-refractivity contribution >= 4 is 63.9 Å². The maximum atomic E-state index is 14.4. The SMILES string of the molecule is C[C@@]1(Cc2ccc(C#N)cc2)C(=O)N(c2cc(Cl)cc(Cl)c2)c2ncc(C(=O)NC3(C(=O)NC4(c5ccc(-c6cncs6)cn5)CC4)CC3)n21. The largest absolute Gasteiger partial charge is 0.343 e. The molecule has 1 aliphatic heterocycles. The summed E-state index contributed by atoms with van der Waals surface area (Å²) in [6, 6.07) is 17.7. The summed E-state index contributed by atoms with van der Waals surface area (Å²) in [6.07, 6.45) is 7.60. The number of hydrogen-bond acceptors (Lipinski definition) is 8. The Labute approximate surface area is 300 Å². The fourth-order valence-electron chi connectivity index (χ4n) is 6.63. The first-order valence-electron chi connectivity index (χ1n) is 15.9. The molecule has 14 heteroatoms. The number of imidazole rings is 1. The highest BCUT2D eigenvalue weighted by atomic mass is 35.5. The molecule has 2 fully saturated rings. The molecule has 5 aromatic rings. The number of rotatable bonds is 9. The molecule has 250 valence electrons. The van der Waals surface area contributed by atoms with Crippen LogP contribution >= 0.6 is 34.5 Å². The second kappa shape index (κ2) is 11.8. The van der Waals surface area contributed by atoms with Gasteiger partial charge < -0.3 is 10.6 Å². The fraction of sp³-hybridized carbons (Fsp3) is 0.250. The lowest BCUT2D eigenvalue weighted by Gasteiger charge is -2.27. The lowest BCUT2D eigenvalue weighted by atomic mass is 9.91. The van der Waals surface area contributed by atoms with Crippen LogP contribution < -0.4 is 15.5 Å². The average Bonchev–Trinajstić information content (AvgIpc) is 3.90. The van der Waals surface area contributed by atoms with Gasteiger partial charge >= 0.3 is 0 Å². The molecule has 8 rings (SSSR count). The monoisotopic (exact) mass is 722 g/mol. The summed E-state index contributed by atoms with van der Waals surface area (Å²) in [6.45, 7) is 1.74. The van der Waals surface area contributed by atoms with Gasteiger partial charge in [-0.2, -0.15) is 5.26 Å². The van der Waals surface area contributed by atoms with E-state index in [1.54, 1.807) is 71.9 Å². The van der Waals surface area contributed by atoms with Crippen molar-refractivity contribution in [3.05, 3.63) is 111 Å². The molecule has 0 spiro atoms. The van der Waals surface area contributed by atoms with Crippen LogP contribution in [0.15, 0.2) is 78.7 Å². The Hall–Kier alpha value is -5.09. The third-order valence-corrected chi connectivity index (χ3v) is 10.9. The Bertz CT molecular complexity index is 2200. The molecular weight excluding hydrogens is 695 g/mol. The van der Waals surface area contributed by atoms with Crippen molar-refractivity contribution < 1.29 is 14.4 Å². The second-order valence-electron chi connectivity index (χ2n) is 13.2. The topological polar surface area (TPSA) is 146 Å². The normalized spacial score (nSPS) is 19.4. The van der Waals surface area contributed by atoms with E-state index in [0.717, 1.165) is 34.5 Å². The van der Waals surface area contributed by atoms with Gasteiger partial charge in [0.05, 0.1) is 45.1 Å². The van der Waals surface area contributed by atoms with Gasteiger partial charge in [-0.1, -0.05) is 41.4 Å². The summed E-state index contributed by atoms with van der Waals surface area (Å²) in [7, 11) is 0. The van der Waals surface area contributed by atoms with E-state index in [2.05, 4.69) is 31.7 Å². The van der Waals surface area contributed by atoms with Gasteiger partial charge in [-0.3, -0.25) is 28.9 Å². The van der Waals surface area contributed by atoms with Crippen molar-refractivity contribution in [2.45, 2.75) is 55.6 Å². The zero-order valence-corrected chi connectivity index (χ0v) is 28.9. The molecule has 0 saturated heterocycles. The zero-order chi connectivity index (χ0) is 34.8. The minimum atomic E-state index is -1.31. The molecular formula is C36H28Cl2N8O3S. The molecule has 1 atom stereocenters. The van der Waals surface area contributed by atoms with Gasteiger partial charge in [-0.05, 0) is 74.6 Å². The van der Waals surface area contributed by atoms with Gasteiger partial charge in [0.2, 0.25) is 11.9 Å². The number of fused-ring (bicyclic) bond motifs is 1. The molecule has 2 aliphatic carbocycles. The van der Waals surface area contributed by atoms with Crippen molar-refractivity contribution in [2.24, 2.45) is 0 Å². The van der Waals surface area contributed by atoms with E-state index in [4.69, 9.17) is 23.2 Å². The van der Waals surface area contributed by atoms with Crippen molar-refractivity contribution in [2.75, 3.05) is 4.90 Å². The predicted octanol–water partition coefficient (Wildman–Crippen LogP) is 6.28. The Morgan fingerprint density at radius 2 is 1.70 bits per heavy atom. The summed E-state index contributed by atoms with van der Waals surface area (Å²) in [5.74, 6) is -0.933. The molecule has 2 saturated carbocycles. The van der Waals surface area contributed by atoms with Crippen LogP contribution in [0, 0.1) is 11.3 Å². The highest BCUT2D eigenvalue weighted by molar-refractivity contribution is 7.13. The molecule has 3 aliphatic rings. The van der Waals surface area contributed by atoms with Gasteiger partial charge in [0, 0.05) is 34.4 Å². The van der Waals surface area contributed by atoms with E-state index < -0.39 is 22.5 Å². The summed E-state index contributed by atoms with van der Waals surface area (Å²) in [4.78, 5) is 58.1. The number of aromatic nitrogens is 4. The number of anilines is 2. The number of hydrogen-bond donors (Lipinski definition) is 2. The lowest BCUT2D eigenvalue weighted by Crippen LogP contribution is -2.52. The van der Waals surface area contributed by atoms with Crippen molar-refractivity contribution in [3.63, 3.8) is 0 Å². The van der Waals surface area contributed by atoms with Crippen molar-refractivity contribution in [3.8, 4) is 16.5 Å². The number of nitrogens with zero attached hydrogens (tertiary/aromatic N) is 6. The number of thiazole rings is 1. The summed E-state index contributed by atoms with van der Waals surface area (Å²) >= 11 is 14.2. The first-order chi connectivity index (χ1) is 24.0. The van der Waals surface area contributed by atoms with Crippen molar-refractivity contribution in [1.29, 1.82) is 5.26 Å². The number of pyridine rings is 1. The molecule has 50 heavy (non-hydrogen) atoms. The average molecular weight is 724 g/mol. The van der Waals surface area contributed by atoms with E-state index in [-0.39, 0.29) is 29.9 Å². The number of carbonyl (C=O) groups is 3. The summed E-state index contributed by atoms with van der Waals surface area (Å²) in [5.41, 5.74) is 2.28. The maximum Gasteiger partial charge on any atom is 0.270 e. The first-order valence-corrected chi connectivity index (χ1v) is 17.6. The predicted molar refractivity (Wildman–Crippen MR) is 188 cm³/mol. The quantitative estimate of drug-likeness (QED) is 0.182. The maximum absolute atomic E-state index is 14.4. The van der Waals surface area contributed by atoms with Crippen LogP contribution in [-0.2, 0) is 27.1 Å². The molecule has 0 unspecified atom stereocenters. The Kier molecular flexibility index (Phi) is 7.56. The molecule has 2 N–H and O–H groups in total. The second-order valence-corrected chi connectivity index (χ2v) is 14.9. The number of halogens is 2. The summed E-state index contributed by atoms with van der Waals surface area (Å²) < 4.78 is 1.61. The van der Waals surface area contributed by atoms with Gasteiger partial charge in [0.15, 0.2) is 0 Å². The summed E-state index contributed by atoms with van der Waals surface area (Å²) in [5, 5.41) is 16.1. The number of nitrogens with one attached hydrogen (secondary N) is 2. The third-order valence-electron chi connectivity index (χ3n) is 9.68. The van der Waals surface area contributed by atoms with Crippen LogP contribution in [0.1, 0.15) is 59.9 Å². The zero-order valence-electron chi connectivity index (χ0n) is 26.6. The van der Waals surface area contributed by atoms with Crippen LogP contribution in [0.25, 0.3) is 10.4 Å². The van der Waals surface area contributed by atoms with Crippen LogP contribution in [0.2, 0.25) is 10.0 Å². The number of carbonyl (C=O) groups excluding carboxylic acids is 3. The molecule has 2 aromatic carbocycles. The van der Waals surface area contributed by atoms with Gasteiger partial charge in [-0.15, -0.1) is 11.3 Å². The number of nitriles is 1. The van der Waals surface area contributed by atoms with E-state index in [9.17, 15) is 19.6 Å². The Morgan fingerprint density at radius 3 is 2.30 bits per heavy atom. The van der Waals surface area contributed by atoms with Gasteiger partial charge in [-0.25, -0.2) is 9.88 Å². The minimum Gasteiger partial charge on any atom is -0.343 e. The highest BCUT2D eigenvalue weighted by Gasteiger charge is 2.57. The smallest absolute Gasteiger partial charge is 0.270 e. The van der Waals surface area contributed by atoms with E-state index in [1.807, 2.05) is 12.1 Å². The first kappa shape index (κ1) is 32.1. The van der Waals surface area contributed by atoms with Crippen LogP contribution in [0.3, 0.4) is 0 Å². The minimum absolute atomic E-state index is 0.126. The van der Waals surface area contributed by atoms with Crippen LogP contribution in [-0.4, -0.2) is 42.8 Å². The molecule has 11 nitrogen and oxygen atoms in total. The number of benzene rings is 2. The molecule has 0 bridgehead atoms. The Morgan fingerprint density at radius 1 is 0.960 bits per heavy atom. The third kappa shape index (κ3) is 5.42. The highest BCUT2D eigenvalue weighted by Crippen LogP contribution is 2.48. The molecule has 4 heterocycles. The number of amides is 3. The lowest BCUT2D eigenvalue weighted by molar-refractivity contribution is -0.125. The Balaban J connectivity index is 1.08. The molecule has 0 radical (unpaired) electrons. The fourth-order valence-corrected chi connectivity index (χ4v) is 7.76. The van der Waals surface area contributed by atoms with Gasteiger partial charge in [0.25, 0.3) is 11.8 Å². The van der Waals surface area contributed by atoms with E-state index in [0.29, 0.717) is 34.1 Å². The van der Waals surface area contributed by atoms with Crippen molar-refractivity contribution in [1.82, 2.24) is 30.2 Å². The van der Waals surface area contributed by atoms with E-state index in [1.165, 1.54) is 22.4 Å². The van der Waals surface area contributed by atoms with Crippen LogP contribution in [0.5, 0.6) is 0 Å². The standard InChI is InChI=1S/C36H28Cl2N8O3S/c1-34(15-21-2-4-22(16-39)5-3-21)32(49)45(26-13-24(37)12-25(38)14-26)33-42-18-27(46(33)34)30(47)43-36(10-11-36)31(48)44-35(8-9-35)29-7-6-23(17-41-29)28-19-40-20-50-28/h2-7,12-14,17-20H,8-11,15H2,1H3,(H,43,47)(H,44,48)/t34-/m1/s1.